The highest BCUT2D eigenvalue weighted by atomic mass is 35.5. The molecule has 1 aromatic rings. The minimum atomic E-state index is 0. The van der Waals surface area contributed by atoms with Crippen LogP contribution in [0, 0.1) is 6.92 Å². The van der Waals surface area contributed by atoms with Crippen LogP contribution >= 0.6 is 12.4 Å². The van der Waals surface area contributed by atoms with Crippen LogP contribution in [-0.2, 0) is 7.05 Å². The third-order valence-corrected chi connectivity index (χ3v) is 3.09. The van der Waals surface area contributed by atoms with E-state index >= 15 is 0 Å². The Bertz CT molecular complexity index is 386. The Labute approximate surface area is 101 Å². The Hall–Kier alpha value is -1.07. The first kappa shape index (κ1) is 13.0. The van der Waals surface area contributed by atoms with E-state index in [1.54, 1.807) is 15.8 Å². The van der Waals surface area contributed by atoms with Gasteiger partial charge in [0.25, 0.3) is 5.91 Å². The predicted molar refractivity (Wildman–Crippen MR) is 63.9 cm³/mol. The SMILES string of the molecule is Cc1c(C(=O)N(C)C2CNC2)cnn1C.Cl. The number of rotatable bonds is 2. The number of halogens is 1. The van der Waals surface area contributed by atoms with Crippen LogP contribution in [0.4, 0.5) is 0 Å². The number of carbonyl (C=O) groups is 1. The topological polar surface area (TPSA) is 50.2 Å². The number of hydrogen-bond acceptors (Lipinski definition) is 3. The molecule has 1 aliphatic rings. The van der Waals surface area contributed by atoms with Gasteiger partial charge in [-0.05, 0) is 6.92 Å². The minimum absolute atomic E-state index is 0. The summed E-state index contributed by atoms with van der Waals surface area (Å²) in [5, 5.41) is 7.23. The highest BCUT2D eigenvalue weighted by Gasteiger charge is 2.27. The lowest BCUT2D eigenvalue weighted by Crippen LogP contribution is -2.57. The predicted octanol–water partition coefficient (Wildman–Crippen LogP) is 0.194. The molecule has 0 aromatic carbocycles. The van der Waals surface area contributed by atoms with Crippen molar-refractivity contribution in [3.63, 3.8) is 0 Å². The van der Waals surface area contributed by atoms with E-state index in [1.807, 2.05) is 21.0 Å². The number of nitrogens with one attached hydrogen (secondary N) is 1. The van der Waals surface area contributed by atoms with E-state index in [2.05, 4.69) is 10.4 Å². The molecule has 1 N–H and O–H groups in total. The van der Waals surface area contributed by atoms with Gasteiger partial charge in [0.1, 0.15) is 0 Å². The van der Waals surface area contributed by atoms with E-state index in [0.29, 0.717) is 11.6 Å². The molecule has 2 rings (SSSR count). The van der Waals surface area contributed by atoms with Crippen LogP contribution in [0.2, 0.25) is 0 Å². The fourth-order valence-corrected chi connectivity index (χ4v) is 1.61. The van der Waals surface area contributed by atoms with Crippen molar-refractivity contribution in [3.8, 4) is 0 Å². The molecule has 0 atom stereocenters. The summed E-state index contributed by atoms with van der Waals surface area (Å²) in [4.78, 5) is 13.9. The Morgan fingerprint density at radius 3 is 2.62 bits per heavy atom. The second kappa shape index (κ2) is 4.84. The lowest BCUT2D eigenvalue weighted by Gasteiger charge is -2.35. The normalized spacial score (nSPS) is 15.2. The first-order valence-corrected chi connectivity index (χ1v) is 5.07. The van der Waals surface area contributed by atoms with Crippen molar-refractivity contribution in [2.45, 2.75) is 13.0 Å². The third-order valence-electron chi connectivity index (χ3n) is 3.09. The van der Waals surface area contributed by atoms with Crippen molar-refractivity contribution in [1.82, 2.24) is 20.0 Å². The largest absolute Gasteiger partial charge is 0.336 e. The summed E-state index contributed by atoms with van der Waals surface area (Å²) in [6.45, 7) is 3.69. The zero-order chi connectivity index (χ0) is 11.0. The first-order valence-electron chi connectivity index (χ1n) is 5.07. The number of aromatic nitrogens is 2. The molecule has 0 aliphatic carbocycles. The van der Waals surface area contributed by atoms with E-state index in [4.69, 9.17) is 0 Å². The molecule has 16 heavy (non-hydrogen) atoms. The van der Waals surface area contributed by atoms with Crippen LogP contribution in [-0.4, -0.2) is 46.8 Å². The monoisotopic (exact) mass is 244 g/mol. The van der Waals surface area contributed by atoms with Crippen LogP contribution in [0.3, 0.4) is 0 Å². The molecule has 90 valence electrons. The van der Waals surface area contributed by atoms with E-state index in [1.165, 1.54) is 0 Å². The molecule has 0 radical (unpaired) electrons. The Morgan fingerprint density at radius 2 is 2.25 bits per heavy atom. The Balaban J connectivity index is 0.00000128. The standard InChI is InChI=1S/C10H16N4O.ClH/c1-7-9(6-12-14(7)3)10(15)13(2)8-4-11-5-8;/h6,8,11H,4-5H2,1-3H3;1H. The van der Waals surface area contributed by atoms with Gasteiger partial charge in [0.05, 0.1) is 17.8 Å². The number of hydrogen-bond donors (Lipinski definition) is 1. The van der Waals surface area contributed by atoms with Crippen molar-refractivity contribution in [3.05, 3.63) is 17.5 Å². The number of aryl methyl sites for hydroxylation is 1. The van der Waals surface area contributed by atoms with Crippen LogP contribution in [0.15, 0.2) is 6.20 Å². The second-order valence-electron chi connectivity index (χ2n) is 4.00. The van der Waals surface area contributed by atoms with Gasteiger partial charge >= 0.3 is 0 Å². The molecule has 0 spiro atoms. The number of carbonyl (C=O) groups excluding carboxylic acids is 1. The van der Waals surface area contributed by atoms with E-state index in [9.17, 15) is 4.79 Å². The zero-order valence-corrected chi connectivity index (χ0v) is 10.5. The third kappa shape index (κ3) is 2.05. The number of nitrogens with zero attached hydrogens (tertiary/aromatic N) is 3. The van der Waals surface area contributed by atoms with Crippen molar-refractivity contribution >= 4 is 18.3 Å². The molecule has 6 heteroatoms. The Kier molecular flexibility index (Phi) is 3.93. The minimum Gasteiger partial charge on any atom is -0.336 e. The summed E-state index contributed by atoms with van der Waals surface area (Å²) in [6, 6.07) is 0.331. The lowest BCUT2D eigenvalue weighted by molar-refractivity contribution is 0.0680. The fourth-order valence-electron chi connectivity index (χ4n) is 1.61. The van der Waals surface area contributed by atoms with Gasteiger partial charge in [0.2, 0.25) is 0 Å². The molecule has 0 bridgehead atoms. The van der Waals surface area contributed by atoms with Gasteiger partial charge in [-0.15, -0.1) is 12.4 Å². The van der Waals surface area contributed by atoms with E-state index in [0.717, 1.165) is 18.8 Å². The fraction of sp³-hybridized carbons (Fsp3) is 0.600. The molecular weight excluding hydrogens is 228 g/mol. The molecule has 1 aromatic heterocycles. The number of likely N-dealkylation sites (N-methyl/N-ethyl adjacent to an activating group) is 1. The van der Waals surface area contributed by atoms with Gasteiger partial charge in [-0.1, -0.05) is 0 Å². The summed E-state index contributed by atoms with van der Waals surface area (Å²) >= 11 is 0. The molecule has 1 fully saturated rings. The van der Waals surface area contributed by atoms with Crippen LogP contribution in [0.1, 0.15) is 16.1 Å². The average molecular weight is 245 g/mol. The molecule has 1 aliphatic heterocycles. The molecule has 1 amide bonds. The van der Waals surface area contributed by atoms with Crippen molar-refractivity contribution in [2.24, 2.45) is 7.05 Å². The smallest absolute Gasteiger partial charge is 0.257 e. The van der Waals surface area contributed by atoms with Crippen LogP contribution in [0.5, 0.6) is 0 Å². The van der Waals surface area contributed by atoms with Gasteiger partial charge in [0, 0.05) is 32.9 Å². The second-order valence-corrected chi connectivity index (χ2v) is 4.00. The summed E-state index contributed by atoms with van der Waals surface area (Å²) in [5.74, 6) is 0.0621. The maximum atomic E-state index is 12.1. The van der Waals surface area contributed by atoms with Crippen LogP contribution in [0.25, 0.3) is 0 Å². The highest BCUT2D eigenvalue weighted by Crippen LogP contribution is 2.12. The van der Waals surface area contributed by atoms with Gasteiger partial charge in [-0.3, -0.25) is 9.48 Å². The van der Waals surface area contributed by atoms with Gasteiger partial charge in [-0.2, -0.15) is 5.10 Å². The van der Waals surface area contributed by atoms with Crippen LogP contribution < -0.4 is 5.32 Å². The molecule has 0 unspecified atom stereocenters. The summed E-state index contributed by atoms with van der Waals surface area (Å²) in [7, 11) is 3.69. The summed E-state index contributed by atoms with van der Waals surface area (Å²) < 4.78 is 1.72. The maximum absolute atomic E-state index is 12.1. The molecule has 0 saturated carbocycles. The quantitative estimate of drug-likeness (QED) is 0.808. The highest BCUT2D eigenvalue weighted by molar-refractivity contribution is 5.95. The molecule has 1 saturated heterocycles. The van der Waals surface area contributed by atoms with Gasteiger partial charge in [-0.25, -0.2) is 0 Å². The van der Waals surface area contributed by atoms with Crippen molar-refractivity contribution in [2.75, 3.05) is 20.1 Å². The van der Waals surface area contributed by atoms with Crippen molar-refractivity contribution < 1.29 is 4.79 Å². The first-order chi connectivity index (χ1) is 7.11. The average Bonchev–Trinajstić information content (AvgIpc) is 2.44. The van der Waals surface area contributed by atoms with Gasteiger partial charge in [0.15, 0.2) is 0 Å². The summed E-state index contributed by atoms with van der Waals surface area (Å²) in [6.07, 6.45) is 1.64. The molecule has 2 heterocycles. The molecular formula is C10H17ClN4O. The maximum Gasteiger partial charge on any atom is 0.257 e. The lowest BCUT2D eigenvalue weighted by atomic mass is 10.1. The van der Waals surface area contributed by atoms with E-state index in [-0.39, 0.29) is 18.3 Å². The number of amides is 1. The van der Waals surface area contributed by atoms with E-state index < -0.39 is 0 Å². The van der Waals surface area contributed by atoms with Crippen molar-refractivity contribution in [1.29, 1.82) is 0 Å². The molecule has 5 nitrogen and oxygen atoms in total. The zero-order valence-electron chi connectivity index (χ0n) is 9.73. The summed E-state index contributed by atoms with van der Waals surface area (Å²) in [5.41, 5.74) is 1.62. The Morgan fingerprint density at radius 1 is 1.62 bits per heavy atom. The van der Waals surface area contributed by atoms with Gasteiger partial charge < -0.3 is 10.2 Å².